The molecule has 0 aromatic carbocycles. The molecule has 0 spiro atoms. The Morgan fingerprint density at radius 2 is 2.16 bits per heavy atom. The zero-order chi connectivity index (χ0) is 17.4. The van der Waals surface area contributed by atoms with E-state index in [9.17, 15) is 4.79 Å². The van der Waals surface area contributed by atoms with E-state index in [1.165, 1.54) is 0 Å². The molecule has 0 radical (unpaired) electrons. The number of aromatic amines is 1. The minimum Gasteiger partial charge on any atom is -0.347 e. The van der Waals surface area contributed by atoms with Gasteiger partial charge >= 0.3 is 0 Å². The summed E-state index contributed by atoms with van der Waals surface area (Å²) in [6.45, 7) is 5.60. The van der Waals surface area contributed by atoms with Crippen LogP contribution in [0.5, 0.6) is 0 Å². The second kappa shape index (κ2) is 6.48. The van der Waals surface area contributed by atoms with Crippen molar-refractivity contribution in [2.75, 3.05) is 6.54 Å². The fourth-order valence-corrected chi connectivity index (χ4v) is 4.35. The zero-order valence-corrected chi connectivity index (χ0v) is 15.2. The summed E-state index contributed by atoms with van der Waals surface area (Å²) in [5.74, 6) is 0.496. The smallest absolute Gasteiger partial charge is 0.274 e. The van der Waals surface area contributed by atoms with E-state index in [2.05, 4.69) is 28.8 Å². The molecule has 0 aliphatic carbocycles. The summed E-state index contributed by atoms with van der Waals surface area (Å²) in [7, 11) is 0. The fraction of sp³-hybridized carbons (Fsp3) is 0.389. The number of imidazole rings is 1. The average molecular weight is 355 g/mol. The number of amides is 1. The van der Waals surface area contributed by atoms with Gasteiger partial charge in [-0.05, 0) is 24.5 Å². The van der Waals surface area contributed by atoms with E-state index in [-0.39, 0.29) is 5.91 Å². The van der Waals surface area contributed by atoms with Crippen LogP contribution in [0.1, 0.15) is 40.6 Å². The Hall–Kier alpha value is -2.41. The third-order valence-electron chi connectivity index (χ3n) is 4.37. The first-order chi connectivity index (χ1) is 12.1. The highest BCUT2D eigenvalue weighted by Crippen LogP contribution is 2.27. The van der Waals surface area contributed by atoms with Gasteiger partial charge in [0.1, 0.15) is 5.69 Å². The second-order valence-corrected chi connectivity index (χ2v) is 7.82. The molecule has 1 amide bonds. The Morgan fingerprint density at radius 1 is 1.36 bits per heavy atom. The number of aromatic nitrogens is 4. The summed E-state index contributed by atoms with van der Waals surface area (Å²) in [4.78, 5) is 28.2. The van der Waals surface area contributed by atoms with Gasteiger partial charge in [0.25, 0.3) is 5.91 Å². The van der Waals surface area contributed by atoms with Crippen molar-refractivity contribution in [1.82, 2.24) is 24.4 Å². The maximum atomic E-state index is 13.1. The summed E-state index contributed by atoms with van der Waals surface area (Å²) in [5, 5.41) is 0.850. The van der Waals surface area contributed by atoms with Crippen molar-refractivity contribution in [1.29, 1.82) is 0 Å². The molecule has 1 aliphatic heterocycles. The fourth-order valence-electron chi connectivity index (χ4n) is 3.12. The normalized spacial score (nSPS) is 14.1. The molecule has 0 saturated heterocycles. The lowest BCUT2D eigenvalue weighted by Crippen LogP contribution is -2.36. The van der Waals surface area contributed by atoms with E-state index in [0.29, 0.717) is 24.7 Å². The van der Waals surface area contributed by atoms with Crippen LogP contribution < -0.4 is 0 Å². The molecule has 25 heavy (non-hydrogen) atoms. The number of thiazole rings is 1. The Kier molecular flexibility index (Phi) is 4.17. The van der Waals surface area contributed by atoms with Crippen molar-refractivity contribution < 1.29 is 4.79 Å². The number of hydrogen-bond donors (Lipinski definition) is 1. The predicted octanol–water partition coefficient (Wildman–Crippen LogP) is 3.05. The van der Waals surface area contributed by atoms with Gasteiger partial charge in [-0.2, -0.15) is 0 Å². The van der Waals surface area contributed by atoms with E-state index in [1.807, 2.05) is 34.0 Å². The van der Waals surface area contributed by atoms with Gasteiger partial charge in [0.15, 0.2) is 5.13 Å². The summed E-state index contributed by atoms with van der Waals surface area (Å²) in [6, 6.07) is 3.94. The number of rotatable bonds is 4. The molecule has 1 N–H and O–H groups in total. The van der Waals surface area contributed by atoms with Crippen LogP contribution in [0.2, 0.25) is 0 Å². The lowest BCUT2D eigenvalue weighted by Gasteiger charge is -2.26. The Bertz CT molecular complexity index is 877. The van der Waals surface area contributed by atoms with Crippen LogP contribution in [-0.2, 0) is 19.4 Å². The quantitative estimate of drug-likeness (QED) is 0.782. The first kappa shape index (κ1) is 16.1. The molecule has 0 fully saturated rings. The van der Waals surface area contributed by atoms with Crippen molar-refractivity contribution in [3.63, 3.8) is 0 Å². The molecule has 6 nitrogen and oxygen atoms in total. The molecular formula is C18H21N5OS. The van der Waals surface area contributed by atoms with Gasteiger partial charge in [-0.25, -0.2) is 9.97 Å². The van der Waals surface area contributed by atoms with Gasteiger partial charge < -0.3 is 14.5 Å². The molecule has 1 aliphatic rings. The molecule has 3 aromatic heterocycles. The molecule has 4 heterocycles. The first-order valence-corrected chi connectivity index (χ1v) is 9.37. The minimum absolute atomic E-state index is 0.0190. The highest BCUT2D eigenvalue weighted by atomic mass is 32.1. The van der Waals surface area contributed by atoms with Crippen molar-refractivity contribution in [2.45, 2.75) is 33.2 Å². The number of carbonyl (C=O) groups excluding carboxylic acids is 1. The summed E-state index contributed by atoms with van der Waals surface area (Å²) < 4.78 is 1.97. The third kappa shape index (κ3) is 3.11. The van der Waals surface area contributed by atoms with Crippen LogP contribution in [0, 0.1) is 5.92 Å². The van der Waals surface area contributed by atoms with Crippen LogP contribution in [-0.4, -0.2) is 36.9 Å². The number of carbonyl (C=O) groups is 1. The predicted molar refractivity (Wildman–Crippen MR) is 97.0 cm³/mol. The van der Waals surface area contributed by atoms with Crippen molar-refractivity contribution in [3.05, 3.63) is 52.8 Å². The van der Waals surface area contributed by atoms with E-state index < -0.39 is 0 Å². The average Bonchev–Trinajstić information content (AvgIpc) is 3.33. The number of nitrogens with one attached hydrogen (secondary N) is 1. The standard InChI is InChI=1S/C18H21N5OS/c1-12(2)9-15-16(21-18(25-15)22-6-3-4-7-22)17(24)23-8-5-13-14(10-23)20-11-19-13/h3-4,6-7,11-12H,5,8-10H2,1-2H3,(H,19,20). The van der Waals surface area contributed by atoms with E-state index in [4.69, 9.17) is 0 Å². The van der Waals surface area contributed by atoms with Crippen LogP contribution in [0.25, 0.3) is 5.13 Å². The largest absolute Gasteiger partial charge is 0.347 e. The van der Waals surface area contributed by atoms with E-state index >= 15 is 0 Å². The Labute approximate surface area is 150 Å². The van der Waals surface area contributed by atoms with Gasteiger partial charge in [0, 0.05) is 30.2 Å². The molecule has 0 atom stereocenters. The SMILES string of the molecule is CC(C)Cc1sc(-n2cccc2)nc1C(=O)N1CCc2nc[nH]c2C1. The monoisotopic (exact) mass is 355 g/mol. The zero-order valence-electron chi connectivity index (χ0n) is 14.4. The topological polar surface area (TPSA) is 66.8 Å². The molecule has 4 rings (SSSR count). The number of nitrogens with zero attached hydrogens (tertiary/aromatic N) is 4. The summed E-state index contributed by atoms with van der Waals surface area (Å²) in [5.41, 5.74) is 2.70. The Balaban J connectivity index is 1.65. The maximum absolute atomic E-state index is 13.1. The minimum atomic E-state index is 0.0190. The number of H-pyrrole nitrogens is 1. The van der Waals surface area contributed by atoms with Crippen molar-refractivity contribution in [2.24, 2.45) is 5.92 Å². The molecular weight excluding hydrogens is 334 g/mol. The van der Waals surface area contributed by atoms with Crippen molar-refractivity contribution >= 4 is 17.2 Å². The van der Waals surface area contributed by atoms with E-state index in [0.717, 1.165) is 34.2 Å². The first-order valence-electron chi connectivity index (χ1n) is 8.55. The molecule has 130 valence electrons. The van der Waals surface area contributed by atoms with Gasteiger partial charge in [-0.1, -0.05) is 13.8 Å². The highest BCUT2D eigenvalue weighted by Gasteiger charge is 2.28. The van der Waals surface area contributed by atoms with Crippen LogP contribution >= 0.6 is 11.3 Å². The molecule has 0 unspecified atom stereocenters. The molecule has 0 saturated carbocycles. The molecule has 3 aromatic rings. The molecule has 7 heteroatoms. The summed E-state index contributed by atoms with van der Waals surface area (Å²) in [6.07, 6.45) is 7.28. The second-order valence-electron chi connectivity index (χ2n) is 6.76. The van der Waals surface area contributed by atoms with Crippen LogP contribution in [0.15, 0.2) is 30.9 Å². The number of fused-ring (bicyclic) bond motifs is 1. The van der Waals surface area contributed by atoms with Crippen molar-refractivity contribution in [3.8, 4) is 5.13 Å². The Morgan fingerprint density at radius 3 is 2.92 bits per heavy atom. The molecule has 0 bridgehead atoms. The van der Waals surface area contributed by atoms with Gasteiger partial charge in [-0.3, -0.25) is 4.79 Å². The highest BCUT2D eigenvalue weighted by molar-refractivity contribution is 7.14. The van der Waals surface area contributed by atoms with E-state index in [1.54, 1.807) is 17.7 Å². The van der Waals surface area contributed by atoms with Gasteiger partial charge in [0.05, 0.1) is 24.3 Å². The van der Waals surface area contributed by atoms with Gasteiger partial charge in [-0.15, -0.1) is 11.3 Å². The third-order valence-corrected chi connectivity index (χ3v) is 5.46. The number of hydrogen-bond acceptors (Lipinski definition) is 4. The van der Waals surface area contributed by atoms with Crippen LogP contribution in [0.3, 0.4) is 0 Å². The lowest BCUT2D eigenvalue weighted by atomic mass is 10.1. The van der Waals surface area contributed by atoms with Gasteiger partial charge in [0.2, 0.25) is 0 Å². The maximum Gasteiger partial charge on any atom is 0.274 e. The lowest BCUT2D eigenvalue weighted by molar-refractivity contribution is 0.0725. The van der Waals surface area contributed by atoms with Crippen LogP contribution in [0.4, 0.5) is 0 Å². The summed E-state index contributed by atoms with van der Waals surface area (Å²) >= 11 is 1.61.